The fourth-order valence-electron chi connectivity index (χ4n) is 3.28. The van der Waals surface area contributed by atoms with Gasteiger partial charge in [0.25, 0.3) is 5.91 Å². The second-order valence-electron chi connectivity index (χ2n) is 6.77. The lowest BCUT2D eigenvalue weighted by Crippen LogP contribution is -2.43. The van der Waals surface area contributed by atoms with Crippen molar-refractivity contribution in [2.75, 3.05) is 25.5 Å². The first kappa shape index (κ1) is 26.0. The average molecular weight is 476 g/mol. The summed E-state index contributed by atoms with van der Waals surface area (Å²) >= 11 is 6.42. The van der Waals surface area contributed by atoms with Crippen molar-refractivity contribution in [3.8, 4) is 5.75 Å². The number of amides is 1. The molecule has 2 heterocycles. The monoisotopic (exact) mass is 474 g/mol. The first-order valence-electron chi connectivity index (χ1n) is 8.93. The van der Waals surface area contributed by atoms with Crippen molar-refractivity contribution in [2.24, 2.45) is 0 Å². The highest BCUT2D eigenvalue weighted by Gasteiger charge is 2.34. The summed E-state index contributed by atoms with van der Waals surface area (Å²) in [4.78, 5) is 15.5. The van der Waals surface area contributed by atoms with Gasteiger partial charge >= 0.3 is 0 Å². The van der Waals surface area contributed by atoms with Crippen molar-refractivity contribution in [1.29, 1.82) is 0 Å². The predicted octanol–water partition coefficient (Wildman–Crippen LogP) is 3.49. The molecular formula is C20H25Cl3N4O3. The van der Waals surface area contributed by atoms with Crippen LogP contribution in [0.15, 0.2) is 42.6 Å². The van der Waals surface area contributed by atoms with Crippen LogP contribution in [0.1, 0.15) is 17.5 Å². The molecule has 3 rings (SSSR count). The van der Waals surface area contributed by atoms with Crippen molar-refractivity contribution in [2.45, 2.75) is 18.4 Å². The van der Waals surface area contributed by atoms with Gasteiger partial charge in [-0.1, -0.05) is 23.7 Å². The smallest absolute Gasteiger partial charge is 0.267 e. The molecule has 0 bridgehead atoms. The second-order valence-corrected chi connectivity index (χ2v) is 7.17. The molecule has 1 aliphatic rings. The number of nitrogens with zero attached hydrogens (tertiary/aromatic N) is 1. The van der Waals surface area contributed by atoms with Crippen LogP contribution in [0.5, 0.6) is 5.75 Å². The minimum Gasteiger partial charge on any atom is -0.497 e. The predicted molar refractivity (Wildman–Crippen MR) is 123 cm³/mol. The van der Waals surface area contributed by atoms with Crippen LogP contribution in [0, 0.1) is 0 Å². The van der Waals surface area contributed by atoms with Gasteiger partial charge in [-0.25, -0.2) is 10.5 Å². The second kappa shape index (κ2) is 12.0. The van der Waals surface area contributed by atoms with E-state index in [1.807, 2.05) is 12.1 Å². The zero-order valence-electron chi connectivity index (χ0n) is 16.4. The Labute approximate surface area is 193 Å². The van der Waals surface area contributed by atoms with E-state index in [1.165, 1.54) is 23.2 Å². The number of hydroxylamine groups is 1. The molecule has 2 aromatic rings. The summed E-state index contributed by atoms with van der Waals surface area (Å²) in [7, 11) is 1.65. The number of carbonyl (C=O) groups is 1. The third-order valence-corrected chi connectivity index (χ3v) is 5.02. The van der Waals surface area contributed by atoms with E-state index in [1.54, 1.807) is 19.4 Å². The molecule has 1 fully saturated rings. The van der Waals surface area contributed by atoms with Gasteiger partial charge in [0, 0.05) is 18.8 Å². The highest BCUT2D eigenvalue weighted by Crippen LogP contribution is 2.30. The third kappa shape index (κ3) is 6.75. The minimum absolute atomic E-state index is 0. The Morgan fingerprint density at radius 2 is 2.10 bits per heavy atom. The van der Waals surface area contributed by atoms with Crippen LogP contribution in [0.3, 0.4) is 0 Å². The number of benzene rings is 1. The van der Waals surface area contributed by atoms with Crippen LogP contribution >= 0.6 is 36.4 Å². The van der Waals surface area contributed by atoms with Crippen LogP contribution < -0.4 is 20.9 Å². The molecule has 1 saturated heterocycles. The number of pyridine rings is 1. The SMILES string of the molecule is COc1ccc(C[C@@]2(Nc3ncc(/C=C/C(=O)NO)cc3Cl)CCNC2)cc1.Cl.Cl. The largest absolute Gasteiger partial charge is 0.497 e. The maximum Gasteiger partial charge on any atom is 0.267 e. The van der Waals surface area contributed by atoms with E-state index in [-0.39, 0.29) is 30.4 Å². The Morgan fingerprint density at radius 1 is 1.37 bits per heavy atom. The van der Waals surface area contributed by atoms with E-state index in [4.69, 9.17) is 21.5 Å². The van der Waals surface area contributed by atoms with Crippen LogP contribution in [0.25, 0.3) is 6.08 Å². The minimum atomic E-state index is -0.617. The number of rotatable bonds is 7. The molecule has 30 heavy (non-hydrogen) atoms. The number of hydrogen-bond acceptors (Lipinski definition) is 6. The summed E-state index contributed by atoms with van der Waals surface area (Å²) < 4.78 is 5.23. The number of anilines is 1. The van der Waals surface area contributed by atoms with Gasteiger partial charge in [0.2, 0.25) is 0 Å². The molecule has 0 unspecified atom stereocenters. The molecule has 1 aliphatic heterocycles. The molecular weight excluding hydrogens is 451 g/mol. The van der Waals surface area contributed by atoms with E-state index in [2.05, 4.69) is 27.8 Å². The molecule has 1 aromatic carbocycles. The summed E-state index contributed by atoms with van der Waals surface area (Å²) in [6.45, 7) is 1.72. The number of aromatic nitrogens is 1. The molecule has 1 amide bonds. The van der Waals surface area contributed by atoms with E-state index in [0.717, 1.165) is 31.7 Å². The first-order chi connectivity index (χ1) is 13.5. The Bertz CT molecular complexity index is 857. The number of carbonyl (C=O) groups excluding carboxylic acids is 1. The van der Waals surface area contributed by atoms with Gasteiger partial charge < -0.3 is 15.4 Å². The average Bonchev–Trinajstić information content (AvgIpc) is 3.16. The number of halogens is 3. The topological polar surface area (TPSA) is 95.5 Å². The number of nitrogens with one attached hydrogen (secondary N) is 3. The first-order valence-corrected chi connectivity index (χ1v) is 9.31. The van der Waals surface area contributed by atoms with Crippen molar-refractivity contribution < 1.29 is 14.7 Å². The zero-order chi connectivity index (χ0) is 20.0. The maximum absolute atomic E-state index is 11.1. The number of hydrogen-bond donors (Lipinski definition) is 4. The summed E-state index contributed by atoms with van der Waals surface area (Å²) in [5.41, 5.74) is 3.20. The van der Waals surface area contributed by atoms with E-state index < -0.39 is 5.91 Å². The standard InChI is InChI=1S/C20H23ClN4O3.2ClH/c1-28-16-5-2-14(3-6-16)11-20(8-9-22-13-20)24-19-17(21)10-15(12-23-19)4-7-18(26)25-27;;/h2-7,10,12,22,27H,8-9,11,13H2,1H3,(H,23,24)(H,25,26);2*1H/b7-4+;;/t20-;;/m0../s1. The van der Waals surface area contributed by atoms with Gasteiger partial charge in [-0.3, -0.25) is 10.0 Å². The number of ether oxygens (including phenoxy) is 1. The van der Waals surface area contributed by atoms with E-state index >= 15 is 0 Å². The van der Waals surface area contributed by atoms with Gasteiger partial charge in [0.1, 0.15) is 11.6 Å². The normalized spacial score (nSPS) is 17.7. The molecule has 0 spiro atoms. The highest BCUT2D eigenvalue weighted by molar-refractivity contribution is 6.33. The van der Waals surface area contributed by atoms with Crippen molar-refractivity contribution in [3.05, 3.63) is 58.8 Å². The Balaban J connectivity index is 0.00000225. The lowest BCUT2D eigenvalue weighted by molar-refractivity contribution is -0.124. The lowest BCUT2D eigenvalue weighted by atomic mass is 9.89. The fourth-order valence-corrected chi connectivity index (χ4v) is 3.50. The maximum atomic E-state index is 11.1. The van der Waals surface area contributed by atoms with Gasteiger partial charge in [-0.05, 0) is 54.8 Å². The van der Waals surface area contributed by atoms with Gasteiger partial charge in [0.05, 0.1) is 17.7 Å². The quantitative estimate of drug-likeness (QED) is 0.278. The molecule has 10 heteroatoms. The summed E-state index contributed by atoms with van der Waals surface area (Å²) in [5.74, 6) is 0.815. The summed E-state index contributed by atoms with van der Waals surface area (Å²) in [5, 5.41) is 15.9. The molecule has 164 valence electrons. The number of methoxy groups -OCH3 is 1. The Kier molecular flexibility index (Phi) is 10.4. The van der Waals surface area contributed by atoms with Crippen molar-refractivity contribution >= 4 is 54.2 Å². The summed E-state index contributed by atoms with van der Waals surface area (Å²) in [6.07, 6.45) is 6.11. The Morgan fingerprint density at radius 3 is 2.67 bits per heavy atom. The Hall–Kier alpha value is -2.03. The highest BCUT2D eigenvalue weighted by atomic mass is 35.5. The van der Waals surface area contributed by atoms with E-state index in [0.29, 0.717) is 16.4 Å². The van der Waals surface area contributed by atoms with Crippen LogP contribution in [-0.2, 0) is 11.2 Å². The van der Waals surface area contributed by atoms with Crippen molar-refractivity contribution in [3.63, 3.8) is 0 Å². The lowest BCUT2D eigenvalue weighted by Gasteiger charge is -2.31. The zero-order valence-corrected chi connectivity index (χ0v) is 18.7. The van der Waals surface area contributed by atoms with Crippen molar-refractivity contribution in [1.82, 2.24) is 15.8 Å². The molecule has 0 aliphatic carbocycles. The molecule has 1 atom stereocenters. The fraction of sp³-hybridized carbons (Fsp3) is 0.300. The molecule has 7 nitrogen and oxygen atoms in total. The van der Waals surface area contributed by atoms with Crippen LogP contribution in [0.2, 0.25) is 5.02 Å². The molecule has 1 aromatic heterocycles. The van der Waals surface area contributed by atoms with Gasteiger partial charge in [0.15, 0.2) is 0 Å². The van der Waals surface area contributed by atoms with Crippen LogP contribution in [-0.4, -0.2) is 41.8 Å². The molecule has 0 radical (unpaired) electrons. The third-order valence-electron chi connectivity index (χ3n) is 4.73. The van der Waals surface area contributed by atoms with Crippen LogP contribution in [0.4, 0.5) is 5.82 Å². The van der Waals surface area contributed by atoms with Gasteiger partial charge in [-0.15, -0.1) is 24.8 Å². The van der Waals surface area contributed by atoms with E-state index in [9.17, 15) is 4.79 Å². The summed E-state index contributed by atoms with van der Waals surface area (Å²) in [6, 6.07) is 9.77. The van der Waals surface area contributed by atoms with Gasteiger partial charge in [-0.2, -0.15) is 0 Å². The molecule has 4 N–H and O–H groups in total. The molecule has 0 saturated carbocycles.